The van der Waals surface area contributed by atoms with E-state index in [1.54, 1.807) is 84.9 Å². The van der Waals surface area contributed by atoms with E-state index in [9.17, 15) is 28.8 Å². The highest BCUT2D eigenvalue weighted by atomic mass is 16.2. The second kappa shape index (κ2) is 15.6. The summed E-state index contributed by atoms with van der Waals surface area (Å²) in [6.45, 7) is 0. The van der Waals surface area contributed by atoms with E-state index in [4.69, 9.17) is 0 Å². The van der Waals surface area contributed by atoms with E-state index in [-0.39, 0.29) is 35.4 Å². The Labute approximate surface area is 372 Å². The van der Waals surface area contributed by atoms with Gasteiger partial charge in [0, 0.05) is 89.6 Å². The maximum Gasteiger partial charge on any atom is 0.255 e. The van der Waals surface area contributed by atoms with Crippen LogP contribution in [0.2, 0.25) is 0 Å². The molecule has 318 valence electrons. The Morgan fingerprint density at radius 2 is 0.470 bits per heavy atom. The number of nitrogens with zero attached hydrogens (tertiary/aromatic N) is 2. The summed E-state index contributed by atoms with van der Waals surface area (Å²) in [5.41, 5.74) is 10.0. The first-order chi connectivity index (χ1) is 32.0. The van der Waals surface area contributed by atoms with Crippen LogP contribution in [0.4, 0.5) is 34.1 Å². The van der Waals surface area contributed by atoms with E-state index in [0.717, 1.165) is 11.0 Å². The van der Waals surface area contributed by atoms with Crippen LogP contribution >= 0.6 is 0 Å². The fourth-order valence-corrected chi connectivity index (χ4v) is 7.89. The molecule has 66 heavy (non-hydrogen) atoms. The SMILES string of the molecule is O=C1Nc2cc1cc1cc(cc3ccc(cc4nc(cc5cc(cc6cc(cc7cc(cc8ccc(cc9nc(cc%10cc(c2)C(=O)N%10)C=C9)[nH]8)C(=O)N7)C(=O)N6)C(=O)N5)C=C4)[nH]3)C(=O)N1. The summed E-state index contributed by atoms with van der Waals surface area (Å²) in [4.78, 5) is 93.4. The molecule has 0 radical (unpaired) electrons. The van der Waals surface area contributed by atoms with Gasteiger partial charge in [-0.2, -0.15) is 0 Å². The van der Waals surface area contributed by atoms with Crippen LogP contribution in [0, 0.1) is 0 Å². The molecule has 11 rings (SSSR count). The van der Waals surface area contributed by atoms with Crippen LogP contribution in [0.1, 0.15) is 84.9 Å². The van der Waals surface area contributed by atoms with Crippen molar-refractivity contribution >= 4 is 116 Å². The Balaban J connectivity index is 1.01. The van der Waals surface area contributed by atoms with Crippen molar-refractivity contribution < 1.29 is 28.8 Å². The van der Waals surface area contributed by atoms with Gasteiger partial charge >= 0.3 is 0 Å². The lowest BCUT2D eigenvalue weighted by atomic mass is 10.2. The zero-order chi connectivity index (χ0) is 45.1. The molecule has 0 aromatic carbocycles. The number of fused-ring (bicyclic) bond motifs is 20. The van der Waals surface area contributed by atoms with Crippen molar-refractivity contribution in [2.75, 3.05) is 31.9 Å². The molecule has 0 aliphatic carbocycles. The van der Waals surface area contributed by atoms with Gasteiger partial charge in [0.25, 0.3) is 35.4 Å². The Hall–Kier alpha value is -9.70. The monoisotopic (exact) mass is 868 g/mol. The zero-order valence-corrected chi connectivity index (χ0v) is 34.2. The van der Waals surface area contributed by atoms with E-state index in [2.05, 4.69) is 51.8 Å². The first kappa shape index (κ1) is 39.2. The molecular weight excluding hydrogens is 837 g/mol. The predicted octanol–water partition coefficient (Wildman–Crippen LogP) is 8.80. The molecule has 3 aromatic rings. The topological polar surface area (TPSA) is 232 Å². The number of aromatic nitrogens is 4. The summed E-state index contributed by atoms with van der Waals surface area (Å²) < 4.78 is 0. The van der Waals surface area contributed by atoms with Gasteiger partial charge < -0.3 is 41.9 Å². The smallest absolute Gasteiger partial charge is 0.255 e. The van der Waals surface area contributed by atoms with Gasteiger partial charge in [0.15, 0.2) is 0 Å². The normalized spacial score (nSPS) is 14.2. The summed E-state index contributed by atoms with van der Waals surface area (Å²) in [5, 5.41) is 16.8. The van der Waals surface area contributed by atoms with Gasteiger partial charge in [-0.3, -0.25) is 28.8 Å². The number of anilines is 6. The van der Waals surface area contributed by atoms with Crippen LogP contribution in [0.5, 0.6) is 0 Å². The van der Waals surface area contributed by atoms with Crippen LogP contribution in [0.25, 0.3) is 46.4 Å². The maximum atomic E-state index is 12.9. The largest absolute Gasteiger partial charge is 0.355 e. The molecule has 16 nitrogen and oxygen atoms in total. The Morgan fingerprint density at radius 1 is 0.258 bits per heavy atom. The van der Waals surface area contributed by atoms with Gasteiger partial charge in [0.05, 0.1) is 22.8 Å². The van der Waals surface area contributed by atoms with Crippen LogP contribution in [-0.4, -0.2) is 55.4 Å². The number of H-pyrrole nitrogens is 2. The fraction of sp³-hybridized carbons (Fsp3) is 0. The molecule has 20 bridgehead atoms. The minimum Gasteiger partial charge on any atom is -0.355 e. The van der Waals surface area contributed by atoms with E-state index in [1.165, 1.54) is 0 Å². The van der Waals surface area contributed by atoms with Crippen LogP contribution in [-0.2, 0) is 0 Å². The number of nitrogens with one attached hydrogen (secondary N) is 8. The molecule has 8 aliphatic rings. The Morgan fingerprint density at radius 3 is 0.742 bits per heavy atom. The van der Waals surface area contributed by atoms with E-state index < -0.39 is 0 Å². The summed E-state index contributed by atoms with van der Waals surface area (Å²) in [6, 6.07) is 34.0. The minimum absolute atomic E-state index is 0.297. The van der Waals surface area contributed by atoms with Crippen molar-refractivity contribution in [1.82, 2.24) is 19.9 Å². The molecule has 0 fully saturated rings. The average molecular weight is 869 g/mol. The highest BCUT2D eigenvalue weighted by Crippen LogP contribution is 2.28. The number of carbonyl (C=O) groups excluding carboxylic acids is 6. The van der Waals surface area contributed by atoms with E-state index in [1.807, 2.05) is 60.7 Å². The molecule has 8 N–H and O–H groups in total. The highest BCUT2D eigenvalue weighted by Gasteiger charge is 2.21. The van der Waals surface area contributed by atoms with Gasteiger partial charge in [-0.25, -0.2) is 9.97 Å². The lowest BCUT2D eigenvalue weighted by molar-refractivity contribution is 0.102. The molecule has 0 saturated carbocycles. The summed E-state index contributed by atoms with van der Waals surface area (Å²) in [7, 11) is 0. The minimum atomic E-state index is -0.388. The van der Waals surface area contributed by atoms with Crippen LogP contribution < -0.4 is 31.9 Å². The number of carbonyl (C=O) groups is 6. The summed E-state index contributed by atoms with van der Waals surface area (Å²) in [5.74, 6) is -2.15. The van der Waals surface area contributed by atoms with Gasteiger partial charge in [0.1, 0.15) is 0 Å². The molecule has 0 spiro atoms. The lowest BCUT2D eigenvalue weighted by Gasteiger charge is -1.95. The van der Waals surface area contributed by atoms with Crippen molar-refractivity contribution in [2.45, 2.75) is 0 Å². The Bertz CT molecular complexity index is 3350. The molecule has 6 amide bonds. The van der Waals surface area contributed by atoms with E-state index >= 15 is 0 Å². The highest BCUT2D eigenvalue weighted by molar-refractivity contribution is 6.15. The summed E-state index contributed by atoms with van der Waals surface area (Å²) >= 11 is 0. The van der Waals surface area contributed by atoms with Gasteiger partial charge in [-0.15, -0.1) is 0 Å². The maximum absolute atomic E-state index is 12.9. The van der Waals surface area contributed by atoms with Crippen molar-refractivity contribution in [2.24, 2.45) is 0 Å². The first-order valence-corrected chi connectivity index (χ1v) is 20.5. The average Bonchev–Trinajstić information content (AvgIpc) is 4.12. The third-order valence-corrected chi connectivity index (χ3v) is 10.9. The van der Waals surface area contributed by atoms with Crippen molar-refractivity contribution in [3.8, 4) is 0 Å². The molecule has 0 unspecified atom stereocenters. The molecule has 8 aliphatic heterocycles. The third-order valence-electron chi connectivity index (χ3n) is 10.9. The molecule has 0 saturated heterocycles. The molecular formula is C50H32N10O6. The Kier molecular flexibility index (Phi) is 9.25. The first-order valence-electron chi connectivity index (χ1n) is 20.5. The molecule has 0 atom stereocenters. The number of aromatic amines is 2. The zero-order valence-electron chi connectivity index (χ0n) is 34.2. The van der Waals surface area contributed by atoms with E-state index in [0.29, 0.717) is 101 Å². The standard InChI is InChI=1S/C50H32N10O6/c61-45-25-9-31-1-3-33(51-31)21-35-5-7-37(53-35)23-43-19-29(49(65)59-43)18-42-16-28(48(64)58-42)14-40-12-26(46(62)56-40)10-32-2-4-34(52-32)22-36-6-8-38(54-36)24-44-20-30(50(66)60-44)17-41-15-27(47(63)57-41)13-39(11-25)55-45/h1-24,51-52H,(H,55,61)(H,56,62)(H,57,63)(H,58,64)(H,59,65)(H,60,66). The number of hydrogen-bond acceptors (Lipinski definition) is 8. The van der Waals surface area contributed by atoms with Crippen molar-refractivity contribution in [1.29, 1.82) is 0 Å². The number of rotatable bonds is 0. The van der Waals surface area contributed by atoms with Crippen molar-refractivity contribution in [3.05, 3.63) is 177 Å². The third kappa shape index (κ3) is 8.07. The summed E-state index contributed by atoms with van der Waals surface area (Å²) in [6.07, 6.45) is 7.28. The molecule has 11 heterocycles. The fourth-order valence-electron chi connectivity index (χ4n) is 7.89. The molecule has 3 aromatic heterocycles. The predicted molar refractivity (Wildman–Crippen MR) is 252 cm³/mol. The number of hydrogen-bond donors (Lipinski definition) is 8. The van der Waals surface area contributed by atoms with Crippen LogP contribution in [0.15, 0.2) is 121 Å². The van der Waals surface area contributed by atoms with Crippen molar-refractivity contribution in [3.63, 3.8) is 0 Å². The van der Waals surface area contributed by atoms with Crippen LogP contribution in [0.3, 0.4) is 0 Å². The van der Waals surface area contributed by atoms with Gasteiger partial charge in [-0.05, 0) is 146 Å². The van der Waals surface area contributed by atoms with Gasteiger partial charge in [-0.1, -0.05) is 0 Å². The quantitative estimate of drug-likeness (QED) is 0.0748. The molecule has 16 heteroatoms. The second-order valence-corrected chi connectivity index (χ2v) is 15.8. The number of amides is 6. The lowest BCUT2D eigenvalue weighted by Crippen LogP contribution is -2.07. The second-order valence-electron chi connectivity index (χ2n) is 15.8. The van der Waals surface area contributed by atoms with Gasteiger partial charge in [0.2, 0.25) is 0 Å².